The van der Waals surface area contributed by atoms with Crippen LogP contribution < -0.4 is 10.6 Å². The minimum atomic E-state index is -4.31. The third-order valence-corrected chi connectivity index (χ3v) is 5.04. The van der Waals surface area contributed by atoms with Crippen molar-refractivity contribution >= 4 is 30.1 Å². The number of piperazine rings is 1. The molecule has 124 valence electrons. The molecule has 2 N–H and O–H groups in total. The Kier molecular flexibility index (Phi) is 7.59. The topological polar surface area (TPSA) is 44.4 Å². The summed E-state index contributed by atoms with van der Waals surface area (Å²) in [6, 6.07) is -1.58. The van der Waals surface area contributed by atoms with Crippen molar-refractivity contribution in [1.29, 1.82) is 0 Å². The molecular weight excluding hydrogens is 327 g/mol. The van der Waals surface area contributed by atoms with Gasteiger partial charge in [-0.05, 0) is 18.6 Å². The second kappa shape index (κ2) is 8.45. The third-order valence-electron chi connectivity index (χ3n) is 3.66. The maximum absolute atomic E-state index is 13.1. The second-order valence-electron chi connectivity index (χ2n) is 5.09. The van der Waals surface area contributed by atoms with Gasteiger partial charge in [-0.2, -0.15) is 13.2 Å². The molecule has 0 radical (unpaired) electrons. The van der Waals surface area contributed by atoms with Crippen molar-refractivity contribution in [2.45, 2.75) is 30.3 Å². The smallest absolute Gasteiger partial charge is 0.353 e. The van der Waals surface area contributed by atoms with Crippen LogP contribution >= 0.6 is 24.2 Å². The third kappa shape index (κ3) is 5.50. The van der Waals surface area contributed by atoms with Crippen molar-refractivity contribution in [3.63, 3.8) is 0 Å². The Bertz CT molecular complexity index is 334. The minimum absolute atomic E-state index is 0. The summed E-state index contributed by atoms with van der Waals surface area (Å²) in [6.45, 7) is 1.48. The number of thioether (sulfide) groups is 1. The normalized spacial score (nSPS) is 25.2. The fraction of sp³-hybridized carbons (Fsp3) is 0.917. The van der Waals surface area contributed by atoms with E-state index in [0.29, 0.717) is 26.2 Å². The Balaban J connectivity index is 0.00000220. The summed E-state index contributed by atoms with van der Waals surface area (Å²) in [5, 5.41) is 5.34. The molecule has 0 aromatic carbocycles. The SMILES string of the molecule is Cl.O=C(NCC(N1CCNCC1)C(F)(F)F)C1CCCS1. The van der Waals surface area contributed by atoms with Crippen LogP contribution in [0.3, 0.4) is 0 Å². The summed E-state index contributed by atoms with van der Waals surface area (Å²) in [5.74, 6) is 0.662. The first-order chi connectivity index (χ1) is 9.48. The first-order valence-corrected chi connectivity index (χ1v) is 7.94. The molecule has 0 aromatic rings. The van der Waals surface area contributed by atoms with Crippen molar-refractivity contribution < 1.29 is 18.0 Å². The lowest BCUT2D eigenvalue weighted by Crippen LogP contribution is -2.58. The molecule has 2 aliphatic rings. The largest absolute Gasteiger partial charge is 0.405 e. The van der Waals surface area contributed by atoms with Gasteiger partial charge in [0.1, 0.15) is 6.04 Å². The molecule has 2 atom stereocenters. The fourth-order valence-corrected chi connectivity index (χ4v) is 3.73. The number of carbonyl (C=O) groups excluding carboxylic acids is 1. The van der Waals surface area contributed by atoms with Gasteiger partial charge in [0.2, 0.25) is 5.91 Å². The Morgan fingerprint density at radius 1 is 1.38 bits per heavy atom. The van der Waals surface area contributed by atoms with Gasteiger partial charge in [-0.25, -0.2) is 0 Å². The quantitative estimate of drug-likeness (QED) is 0.803. The van der Waals surface area contributed by atoms with Gasteiger partial charge < -0.3 is 10.6 Å². The molecule has 2 aliphatic heterocycles. The van der Waals surface area contributed by atoms with Crippen LogP contribution in [0.2, 0.25) is 0 Å². The van der Waals surface area contributed by atoms with E-state index in [-0.39, 0.29) is 30.1 Å². The summed E-state index contributed by atoms with van der Waals surface area (Å²) in [4.78, 5) is 13.2. The van der Waals surface area contributed by atoms with Gasteiger partial charge in [0, 0.05) is 32.7 Å². The number of carbonyl (C=O) groups is 1. The molecule has 0 saturated carbocycles. The Morgan fingerprint density at radius 3 is 2.57 bits per heavy atom. The summed E-state index contributed by atoms with van der Waals surface area (Å²) < 4.78 is 39.3. The number of hydrogen-bond donors (Lipinski definition) is 2. The number of hydrogen-bond acceptors (Lipinski definition) is 4. The van der Waals surface area contributed by atoms with Crippen molar-refractivity contribution in [2.24, 2.45) is 0 Å². The van der Waals surface area contributed by atoms with Gasteiger partial charge in [-0.1, -0.05) is 0 Å². The number of nitrogens with zero attached hydrogens (tertiary/aromatic N) is 1. The lowest BCUT2D eigenvalue weighted by Gasteiger charge is -2.36. The molecule has 2 saturated heterocycles. The van der Waals surface area contributed by atoms with E-state index in [1.54, 1.807) is 0 Å². The first kappa shape index (κ1) is 18.9. The molecule has 4 nitrogen and oxygen atoms in total. The van der Waals surface area contributed by atoms with Crippen LogP contribution in [0.25, 0.3) is 0 Å². The van der Waals surface area contributed by atoms with Crippen molar-refractivity contribution in [1.82, 2.24) is 15.5 Å². The lowest BCUT2D eigenvalue weighted by molar-refractivity contribution is -0.184. The molecule has 0 spiro atoms. The molecular formula is C12H21ClF3N3OS. The Labute approximate surface area is 133 Å². The Hall–Kier alpha value is -0.180. The fourth-order valence-electron chi connectivity index (χ4n) is 2.54. The van der Waals surface area contributed by atoms with Gasteiger partial charge in [-0.3, -0.25) is 9.69 Å². The van der Waals surface area contributed by atoms with E-state index in [0.717, 1.165) is 18.6 Å². The van der Waals surface area contributed by atoms with Crippen molar-refractivity contribution in [3.8, 4) is 0 Å². The molecule has 2 unspecified atom stereocenters. The van der Waals surface area contributed by atoms with E-state index >= 15 is 0 Å². The van der Waals surface area contributed by atoms with Crippen LogP contribution in [0.15, 0.2) is 0 Å². The minimum Gasteiger partial charge on any atom is -0.353 e. The average molecular weight is 348 g/mol. The molecule has 1 amide bonds. The molecule has 0 aliphatic carbocycles. The molecule has 9 heteroatoms. The molecule has 2 fully saturated rings. The van der Waals surface area contributed by atoms with E-state index in [4.69, 9.17) is 0 Å². The number of alkyl halides is 3. The zero-order valence-corrected chi connectivity index (χ0v) is 13.3. The van der Waals surface area contributed by atoms with Gasteiger partial charge >= 0.3 is 6.18 Å². The van der Waals surface area contributed by atoms with Crippen LogP contribution in [0.5, 0.6) is 0 Å². The maximum atomic E-state index is 13.1. The summed E-state index contributed by atoms with van der Waals surface area (Å²) in [5.41, 5.74) is 0. The van der Waals surface area contributed by atoms with Crippen LogP contribution in [0.4, 0.5) is 13.2 Å². The zero-order chi connectivity index (χ0) is 14.6. The van der Waals surface area contributed by atoms with E-state index in [1.807, 2.05) is 0 Å². The monoisotopic (exact) mass is 347 g/mol. The standard InChI is InChI=1S/C12H20F3N3OS.ClH/c13-12(14,15)10(18-5-3-16-4-6-18)8-17-11(19)9-2-1-7-20-9;/h9-10,16H,1-8H2,(H,17,19);1H. The zero-order valence-electron chi connectivity index (χ0n) is 11.6. The van der Waals surface area contributed by atoms with E-state index in [1.165, 1.54) is 16.7 Å². The number of nitrogens with one attached hydrogen (secondary N) is 2. The highest BCUT2D eigenvalue weighted by molar-refractivity contribution is 8.00. The highest BCUT2D eigenvalue weighted by Gasteiger charge is 2.44. The van der Waals surface area contributed by atoms with Crippen molar-refractivity contribution in [2.75, 3.05) is 38.5 Å². The van der Waals surface area contributed by atoms with E-state index in [9.17, 15) is 18.0 Å². The van der Waals surface area contributed by atoms with E-state index in [2.05, 4.69) is 10.6 Å². The van der Waals surface area contributed by atoms with Crippen molar-refractivity contribution in [3.05, 3.63) is 0 Å². The number of halogens is 4. The molecule has 0 aromatic heterocycles. The molecule has 2 heterocycles. The second-order valence-corrected chi connectivity index (χ2v) is 6.40. The first-order valence-electron chi connectivity index (χ1n) is 6.89. The van der Waals surface area contributed by atoms with E-state index < -0.39 is 12.2 Å². The molecule has 2 rings (SSSR count). The van der Waals surface area contributed by atoms with Crippen LogP contribution in [-0.2, 0) is 4.79 Å². The molecule has 0 bridgehead atoms. The summed E-state index contributed by atoms with van der Waals surface area (Å²) in [6.07, 6.45) is -2.59. The van der Waals surface area contributed by atoms with Crippen LogP contribution in [0.1, 0.15) is 12.8 Å². The lowest BCUT2D eigenvalue weighted by atomic mass is 10.2. The average Bonchev–Trinajstić information content (AvgIpc) is 2.92. The predicted molar refractivity (Wildman–Crippen MR) is 80.0 cm³/mol. The highest BCUT2D eigenvalue weighted by atomic mass is 35.5. The van der Waals surface area contributed by atoms with Gasteiger partial charge in [-0.15, -0.1) is 24.2 Å². The van der Waals surface area contributed by atoms with Crippen LogP contribution in [-0.4, -0.2) is 66.8 Å². The van der Waals surface area contributed by atoms with Gasteiger partial charge in [0.25, 0.3) is 0 Å². The maximum Gasteiger partial charge on any atom is 0.405 e. The number of rotatable bonds is 4. The Morgan fingerprint density at radius 2 is 2.05 bits per heavy atom. The predicted octanol–water partition coefficient (Wildman–Crippen LogP) is 1.26. The van der Waals surface area contributed by atoms with Gasteiger partial charge in [0.15, 0.2) is 0 Å². The summed E-state index contributed by atoms with van der Waals surface area (Å²) in [7, 11) is 0. The van der Waals surface area contributed by atoms with Crippen LogP contribution in [0, 0.1) is 0 Å². The molecule has 21 heavy (non-hydrogen) atoms. The van der Waals surface area contributed by atoms with Gasteiger partial charge in [0.05, 0.1) is 5.25 Å². The highest BCUT2D eigenvalue weighted by Crippen LogP contribution is 2.27. The number of amides is 1. The summed E-state index contributed by atoms with van der Waals surface area (Å²) >= 11 is 1.53.